The van der Waals surface area contributed by atoms with Crippen LogP contribution in [0.3, 0.4) is 0 Å². The quantitative estimate of drug-likeness (QED) is 0.824. The summed E-state index contributed by atoms with van der Waals surface area (Å²) in [6.45, 7) is 1.45. The van der Waals surface area contributed by atoms with Crippen LogP contribution in [0.1, 0.15) is 24.0 Å². The molecular weight excluding hydrogens is 339 g/mol. The normalized spacial score (nSPS) is 15.1. The molecule has 0 aliphatic carbocycles. The van der Waals surface area contributed by atoms with Crippen molar-refractivity contribution >= 4 is 23.5 Å². The van der Waals surface area contributed by atoms with Crippen molar-refractivity contribution < 1.29 is 27.6 Å². The van der Waals surface area contributed by atoms with E-state index in [1.54, 1.807) is 0 Å². The minimum Gasteiger partial charge on any atom is -0.326 e. The van der Waals surface area contributed by atoms with E-state index in [-0.39, 0.29) is 43.1 Å². The van der Waals surface area contributed by atoms with Gasteiger partial charge in [0.15, 0.2) is 0 Å². The van der Waals surface area contributed by atoms with Gasteiger partial charge in [-0.2, -0.15) is 13.2 Å². The van der Waals surface area contributed by atoms with Gasteiger partial charge in [-0.1, -0.05) is 6.07 Å². The Bertz CT molecular complexity index is 704. The summed E-state index contributed by atoms with van der Waals surface area (Å²) < 4.78 is 38.6. The van der Waals surface area contributed by atoms with Gasteiger partial charge in [-0.3, -0.25) is 14.5 Å². The maximum atomic E-state index is 12.9. The Labute approximate surface area is 142 Å². The van der Waals surface area contributed by atoms with Crippen molar-refractivity contribution in [2.75, 3.05) is 25.5 Å². The van der Waals surface area contributed by atoms with Crippen LogP contribution in [0.5, 0.6) is 0 Å². The number of carbonyl (C=O) groups excluding carboxylic acids is 3. The van der Waals surface area contributed by atoms with E-state index in [1.165, 1.54) is 31.0 Å². The molecule has 25 heavy (non-hydrogen) atoms. The van der Waals surface area contributed by atoms with Gasteiger partial charge in [0.05, 0.1) is 5.56 Å². The lowest BCUT2D eigenvalue weighted by atomic mass is 10.1. The highest BCUT2D eigenvalue weighted by atomic mass is 19.4. The van der Waals surface area contributed by atoms with Gasteiger partial charge in [-0.25, -0.2) is 4.79 Å². The lowest BCUT2D eigenvalue weighted by molar-refractivity contribution is -0.138. The molecule has 0 unspecified atom stereocenters. The number of nitrogens with zero attached hydrogens (tertiary/aromatic N) is 2. The maximum absolute atomic E-state index is 12.9. The number of benzene rings is 1. The van der Waals surface area contributed by atoms with Crippen LogP contribution in [0.2, 0.25) is 0 Å². The van der Waals surface area contributed by atoms with Gasteiger partial charge in [0.25, 0.3) is 0 Å². The van der Waals surface area contributed by atoms with Crippen molar-refractivity contribution in [2.45, 2.75) is 25.9 Å². The molecule has 1 aromatic carbocycles. The van der Waals surface area contributed by atoms with E-state index in [0.717, 1.165) is 11.0 Å². The first-order valence-electron chi connectivity index (χ1n) is 7.62. The Balaban J connectivity index is 1.89. The molecule has 0 atom stereocenters. The number of urea groups is 1. The number of carbonyl (C=O) groups is 3. The van der Waals surface area contributed by atoms with Crippen LogP contribution in [0, 0.1) is 6.92 Å². The number of amides is 4. The molecule has 2 rings (SSSR count). The third kappa shape index (κ3) is 4.49. The predicted octanol–water partition coefficient (Wildman–Crippen LogP) is 2.63. The molecule has 1 saturated heterocycles. The van der Waals surface area contributed by atoms with Crippen molar-refractivity contribution in [1.82, 2.24) is 9.80 Å². The van der Waals surface area contributed by atoms with Gasteiger partial charge in [0.2, 0.25) is 11.8 Å². The molecule has 4 amide bonds. The summed E-state index contributed by atoms with van der Waals surface area (Å²) in [7, 11) is 1.50. The smallest absolute Gasteiger partial charge is 0.326 e. The minimum atomic E-state index is -4.49. The fourth-order valence-corrected chi connectivity index (χ4v) is 2.52. The third-order valence-corrected chi connectivity index (χ3v) is 3.84. The zero-order valence-electron chi connectivity index (χ0n) is 13.8. The van der Waals surface area contributed by atoms with E-state index < -0.39 is 23.7 Å². The lowest BCUT2D eigenvalue weighted by Crippen LogP contribution is -2.32. The first kappa shape index (κ1) is 18.8. The average Bonchev–Trinajstić information content (AvgIpc) is 2.74. The summed E-state index contributed by atoms with van der Waals surface area (Å²) in [5.41, 5.74) is -0.682. The second kappa shape index (κ2) is 7.12. The molecule has 9 heteroatoms. The molecule has 6 nitrogen and oxygen atoms in total. The topological polar surface area (TPSA) is 69.7 Å². The number of halogens is 3. The number of nitrogens with one attached hydrogen (secondary N) is 1. The summed E-state index contributed by atoms with van der Waals surface area (Å²) in [6.07, 6.45) is -4.28. The second-order valence-corrected chi connectivity index (χ2v) is 5.86. The standard InChI is InChI=1S/C16H18F3N3O3/c1-10-5-6-11(8-12(10)16(17,18)19)20-13(23)4-3-7-22-14(24)9-21(2)15(22)25/h5-6,8H,3-4,7,9H2,1-2H3,(H,20,23). The molecule has 0 bridgehead atoms. The molecule has 0 radical (unpaired) electrons. The van der Waals surface area contributed by atoms with E-state index in [2.05, 4.69) is 5.32 Å². The Morgan fingerprint density at radius 1 is 1.28 bits per heavy atom. The average molecular weight is 357 g/mol. The number of alkyl halides is 3. The maximum Gasteiger partial charge on any atom is 0.416 e. The number of hydrogen-bond acceptors (Lipinski definition) is 3. The monoisotopic (exact) mass is 357 g/mol. The van der Waals surface area contributed by atoms with Crippen LogP contribution < -0.4 is 5.32 Å². The fourth-order valence-electron chi connectivity index (χ4n) is 2.52. The van der Waals surface area contributed by atoms with Gasteiger partial charge >= 0.3 is 12.2 Å². The van der Waals surface area contributed by atoms with Crippen LogP contribution in [0.4, 0.5) is 23.7 Å². The number of likely N-dealkylation sites (N-methyl/N-ethyl adjacent to an activating group) is 1. The van der Waals surface area contributed by atoms with Crippen LogP contribution in [-0.4, -0.2) is 47.8 Å². The zero-order valence-corrected chi connectivity index (χ0v) is 13.8. The summed E-state index contributed by atoms with van der Waals surface area (Å²) in [6, 6.07) is 3.15. The number of anilines is 1. The lowest BCUT2D eigenvalue weighted by Gasteiger charge is -2.14. The van der Waals surface area contributed by atoms with Crippen LogP contribution in [0.25, 0.3) is 0 Å². The van der Waals surface area contributed by atoms with Crippen molar-refractivity contribution in [1.29, 1.82) is 0 Å². The number of rotatable bonds is 5. The molecule has 1 heterocycles. The summed E-state index contributed by atoms with van der Waals surface area (Å²) in [4.78, 5) is 37.4. The molecule has 1 N–H and O–H groups in total. The van der Waals surface area contributed by atoms with Crippen LogP contribution in [-0.2, 0) is 15.8 Å². The number of aryl methyl sites for hydroxylation is 1. The number of imide groups is 1. The molecule has 1 fully saturated rings. The summed E-state index contributed by atoms with van der Waals surface area (Å²) in [5, 5.41) is 2.40. The van der Waals surface area contributed by atoms with Gasteiger partial charge in [-0.05, 0) is 31.0 Å². The zero-order chi connectivity index (χ0) is 18.8. The largest absolute Gasteiger partial charge is 0.416 e. The second-order valence-electron chi connectivity index (χ2n) is 5.86. The highest BCUT2D eigenvalue weighted by molar-refractivity contribution is 6.01. The molecule has 0 spiro atoms. The summed E-state index contributed by atoms with van der Waals surface area (Å²) in [5.74, 6) is -0.814. The fraction of sp³-hybridized carbons (Fsp3) is 0.438. The van der Waals surface area contributed by atoms with Gasteiger partial charge < -0.3 is 10.2 Å². The first-order valence-corrected chi connectivity index (χ1v) is 7.62. The van der Waals surface area contributed by atoms with Crippen molar-refractivity contribution in [2.24, 2.45) is 0 Å². The predicted molar refractivity (Wildman–Crippen MR) is 83.8 cm³/mol. The SMILES string of the molecule is Cc1ccc(NC(=O)CCCN2C(=O)CN(C)C2=O)cc1C(F)(F)F. The highest BCUT2D eigenvalue weighted by Crippen LogP contribution is 2.33. The molecule has 0 aromatic heterocycles. The van der Waals surface area contributed by atoms with Crippen molar-refractivity contribution in [3.63, 3.8) is 0 Å². The van der Waals surface area contributed by atoms with Gasteiger partial charge in [-0.15, -0.1) is 0 Å². The Kier molecular flexibility index (Phi) is 5.34. The van der Waals surface area contributed by atoms with Crippen LogP contribution in [0.15, 0.2) is 18.2 Å². The molecule has 1 aliphatic rings. The van der Waals surface area contributed by atoms with E-state index >= 15 is 0 Å². The molecular formula is C16H18F3N3O3. The highest BCUT2D eigenvalue weighted by Gasteiger charge is 2.33. The van der Waals surface area contributed by atoms with Gasteiger partial charge in [0, 0.05) is 25.7 Å². The Hall–Kier alpha value is -2.58. The third-order valence-electron chi connectivity index (χ3n) is 3.84. The van der Waals surface area contributed by atoms with E-state index in [9.17, 15) is 27.6 Å². The molecule has 136 valence electrons. The van der Waals surface area contributed by atoms with Crippen LogP contribution >= 0.6 is 0 Å². The van der Waals surface area contributed by atoms with Crippen molar-refractivity contribution in [3.05, 3.63) is 29.3 Å². The van der Waals surface area contributed by atoms with Gasteiger partial charge in [0.1, 0.15) is 6.54 Å². The van der Waals surface area contributed by atoms with Crippen molar-refractivity contribution in [3.8, 4) is 0 Å². The van der Waals surface area contributed by atoms with E-state index in [1.807, 2.05) is 0 Å². The minimum absolute atomic E-state index is 0.00855. The molecule has 0 saturated carbocycles. The molecule has 1 aliphatic heterocycles. The first-order chi connectivity index (χ1) is 11.6. The Morgan fingerprint density at radius 3 is 2.52 bits per heavy atom. The Morgan fingerprint density at radius 2 is 1.96 bits per heavy atom. The molecule has 1 aromatic rings. The van der Waals surface area contributed by atoms with E-state index in [4.69, 9.17) is 0 Å². The van der Waals surface area contributed by atoms with E-state index in [0.29, 0.717) is 0 Å². The number of hydrogen-bond donors (Lipinski definition) is 1. The summed E-state index contributed by atoms with van der Waals surface area (Å²) >= 11 is 0.